The normalized spacial score (nSPS) is 21.6. The lowest BCUT2D eigenvalue weighted by molar-refractivity contribution is -0.0107. The summed E-state index contributed by atoms with van der Waals surface area (Å²) in [5.74, 6) is 5.54. The Hall–Kier alpha value is -1.90. The molecule has 1 fully saturated rings. The minimum atomic E-state index is -0.830. The number of aromatic nitrogens is 1. The van der Waals surface area contributed by atoms with Crippen LogP contribution in [0.15, 0.2) is 18.5 Å². The SMILES string of the molecule is CC1(O)CCCN(C(=O)c2ccncc2C#CCCO)C1. The monoisotopic (exact) mass is 288 g/mol. The molecule has 1 amide bonds. The van der Waals surface area contributed by atoms with Gasteiger partial charge >= 0.3 is 0 Å². The topological polar surface area (TPSA) is 73.7 Å². The average molecular weight is 288 g/mol. The number of amides is 1. The van der Waals surface area contributed by atoms with Gasteiger partial charge in [-0.25, -0.2) is 0 Å². The number of rotatable bonds is 2. The van der Waals surface area contributed by atoms with Crippen LogP contribution >= 0.6 is 0 Å². The van der Waals surface area contributed by atoms with E-state index in [0.29, 0.717) is 37.1 Å². The number of hydrogen-bond acceptors (Lipinski definition) is 4. The average Bonchev–Trinajstić information content (AvgIpc) is 2.46. The Morgan fingerprint density at radius 2 is 2.38 bits per heavy atom. The summed E-state index contributed by atoms with van der Waals surface area (Å²) in [4.78, 5) is 18.3. The van der Waals surface area contributed by atoms with Crippen molar-refractivity contribution in [2.24, 2.45) is 0 Å². The molecule has 1 aliphatic heterocycles. The Bertz CT molecular complexity index is 572. The van der Waals surface area contributed by atoms with Crippen LogP contribution in [0.4, 0.5) is 0 Å². The standard InChI is InChI=1S/C16H20N2O3/c1-16(21)7-4-9-18(12-16)15(20)14-6-8-17-11-13(14)5-2-3-10-19/h6,8,11,19,21H,3-4,7,9-10,12H2,1H3. The highest BCUT2D eigenvalue weighted by Gasteiger charge is 2.31. The third-order valence-corrected chi connectivity index (χ3v) is 3.47. The van der Waals surface area contributed by atoms with E-state index >= 15 is 0 Å². The molecule has 0 saturated carbocycles. The minimum absolute atomic E-state index is 0.00840. The molecule has 21 heavy (non-hydrogen) atoms. The number of piperidine rings is 1. The Morgan fingerprint density at radius 3 is 3.10 bits per heavy atom. The number of pyridine rings is 1. The van der Waals surface area contributed by atoms with Crippen molar-refractivity contribution in [3.05, 3.63) is 29.6 Å². The second-order valence-corrected chi connectivity index (χ2v) is 5.52. The molecule has 5 nitrogen and oxygen atoms in total. The van der Waals surface area contributed by atoms with Gasteiger partial charge in [0.05, 0.1) is 23.3 Å². The molecule has 0 bridgehead atoms. The molecule has 1 saturated heterocycles. The van der Waals surface area contributed by atoms with Gasteiger partial charge < -0.3 is 15.1 Å². The Labute approximate surface area is 124 Å². The van der Waals surface area contributed by atoms with Crippen molar-refractivity contribution in [1.29, 1.82) is 0 Å². The summed E-state index contributed by atoms with van der Waals surface area (Å²) in [5, 5.41) is 18.9. The second kappa shape index (κ2) is 6.70. The first-order chi connectivity index (χ1) is 10.0. The number of β-amino-alcohol motifs (C(OH)–C–C–N with tert-alkyl or cyclic N) is 1. The van der Waals surface area contributed by atoms with Crippen LogP contribution in [-0.4, -0.2) is 51.3 Å². The molecular weight excluding hydrogens is 268 g/mol. The van der Waals surface area contributed by atoms with Crippen LogP contribution in [0.3, 0.4) is 0 Å². The van der Waals surface area contributed by atoms with Crippen LogP contribution in [-0.2, 0) is 0 Å². The summed E-state index contributed by atoms with van der Waals surface area (Å²) < 4.78 is 0. The van der Waals surface area contributed by atoms with Gasteiger partial charge in [-0.1, -0.05) is 11.8 Å². The smallest absolute Gasteiger partial charge is 0.255 e. The molecule has 2 rings (SSSR count). The van der Waals surface area contributed by atoms with Gasteiger partial charge in [-0.15, -0.1) is 0 Å². The largest absolute Gasteiger partial charge is 0.395 e. The molecular formula is C16H20N2O3. The van der Waals surface area contributed by atoms with Crippen LogP contribution in [0.5, 0.6) is 0 Å². The summed E-state index contributed by atoms with van der Waals surface area (Å²) in [6.45, 7) is 2.71. The van der Waals surface area contributed by atoms with E-state index in [1.807, 2.05) is 0 Å². The molecule has 2 N–H and O–H groups in total. The van der Waals surface area contributed by atoms with Crippen molar-refractivity contribution < 1.29 is 15.0 Å². The van der Waals surface area contributed by atoms with Crippen molar-refractivity contribution in [2.75, 3.05) is 19.7 Å². The van der Waals surface area contributed by atoms with Crippen LogP contribution in [0.25, 0.3) is 0 Å². The fraction of sp³-hybridized carbons (Fsp3) is 0.500. The zero-order valence-corrected chi connectivity index (χ0v) is 12.2. The van der Waals surface area contributed by atoms with Gasteiger partial charge in [-0.2, -0.15) is 0 Å². The highest BCUT2D eigenvalue weighted by Crippen LogP contribution is 2.22. The maximum Gasteiger partial charge on any atom is 0.255 e. The fourth-order valence-electron chi connectivity index (χ4n) is 2.46. The van der Waals surface area contributed by atoms with Crippen molar-refractivity contribution in [3.8, 4) is 11.8 Å². The van der Waals surface area contributed by atoms with Crippen molar-refractivity contribution in [3.63, 3.8) is 0 Å². The van der Waals surface area contributed by atoms with Gasteiger partial charge in [0.1, 0.15) is 0 Å². The van der Waals surface area contributed by atoms with E-state index in [2.05, 4.69) is 16.8 Å². The summed E-state index contributed by atoms with van der Waals surface area (Å²) in [5.41, 5.74) is 0.221. The van der Waals surface area contributed by atoms with E-state index in [1.54, 1.807) is 30.3 Å². The number of aliphatic hydroxyl groups is 2. The lowest BCUT2D eigenvalue weighted by Gasteiger charge is -2.37. The van der Waals surface area contributed by atoms with Crippen LogP contribution in [0, 0.1) is 11.8 Å². The molecule has 5 heteroatoms. The Kier molecular flexibility index (Phi) is 4.94. The van der Waals surface area contributed by atoms with Gasteiger partial charge in [0.15, 0.2) is 0 Å². The Morgan fingerprint density at radius 1 is 1.57 bits per heavy atom. The lowest BCUT2D eigenvalue weighted by Crippen LogP contribution is -2.48. The Balaban J connectivity index is 2.21. The molecule has 1 aromatic heterocycles. The minimum Gasteiger partial charge on any atom is -0.395 e. The molecule has 1 unspecified atom stereocenters. The number of carbonyl (C=O) groups is 1. The first-order valence-electron chi connectivity index (χ1n) is 7.09. The number of hydrogen-bond donors (Lipinski definition) is 2. The lowest BCUT2D eigenvalue weighted by atomic mass is 9.94. The van der Waals surface area contributed by atoms with E-state index in [0.717, 1.165) is 6.42 Å². The van der Waals surface area contributed by atoms with Crippen molar-refractivity contribution in [2.45, 2.75) is 31.8 Å². The zero-order chi connectivity index (χ0) is 15.3. The van der Waals surface area contributed by atoms with Gasteiger partial charge in [0.2, 0.25) is 0 Å². The van der Waals surface area contributed by atoms with E-state index in [9.17, 15) is 9.90 Å². The summed E-state index contributed by atoms with van der Waals surface area (Å²) in [7, 11) is 0. The van der Waals surface area contributed by atoms with E-state index in [4.69, 9.17) is 5.11 Å². The van der Waals surface area contributed by atoms with Crippen LogP contribution in [0.2, 0.25) is 0 Å². The predicted octanol–water partition coefficient (Wildman–Crippen LogP) is 0.802. The molecule has 2 heterocycles. The fourth-order valence-corrected chi connectivity index (χ4v) is 2.46. The predicted molar refractivity (Wildman–Crippen MR) is 78.6 cm³/mol. The van der Waals surface area contributed by atoms with Gasteiger partial charge in [-0.05, 0) is 25.8 Å². The van der Waals surface area contributed by atoms with E-state index in [-0.39, 0.29) is 12.5 Å². The third-order valence-electron chi connectivity index (χ3n) is 3.47. The number of nitrogens with zero attached hydrogens (tertiary/aromatic N) is 2. The summed E-state index contributed by atoms with van der Waals surface area (Å²) >= 11 is 0. The van der Waals surface area contributed by atoms with Gasteiger partial charge in [0.25, 0.3) is 5.91 Å². The molecule has 1 aromatic rings. The number of likely N-dealkylation sites (tertiary alicyclic amines) is 1. The summed E-state index contributed by atoms with van der Waals surface area (Å²) in [6, 6.07) is 1.65. The molecule has 112 valence electrons. The molecule has 1 atom stereocenters. The molecule has 0 aromatic carbocycles. The van der Waals surface area contributed by atoms with Gasteiger partial charge in [0, 0.05) is 31.9 Å². The summed E-state index contributed by atoms with van der Waals surface area (Å²) in [6.07, 6.45) is 4.97. The molecule has 0 radical (unpaired) electrons. The molecule has 1 aliphatic rings. The molecule has 0 aliphatic carbocycles. The maximum absolute atomic E-state index is 12.6. The molecule has 0 spiro atoms. The highest BCUT2D eigenvalue weighted by atomic mass is 16.3. The number of carbonyl (C=O) groups excluding carboxylic acids is 1. The quantitative estimate of drug-likeness (QED) is 0.790. The van der Waals surface area contributed by atoms with Crippen LogP contribution in [0.1, 0.15) is 42.1 Å². The second-order valence-electron chi connectivity index (χ2n) is 5.52. The van der Waals surface area contributed by atoms with Gasteiger partial charge in [-0.3, -0.25) is 9.78 Å². The third kappa shape index (κ3) is 4.03. The maximum atomic E-state index is 12.6. The van der Waals surface area contributed by atoms with E-state index < -0.39 is 5.60 Å². The first kappa shape index (κ1) is 15.5. The van der Waals surface area contributed by atoms with Crippen molar-refractivity contribution >= 4 is 5.91 Å². The highest BCUT2D eigenvalue weighted by molar-refractivity contribution is 5.96. The van der Waals surface area contributed by atoms with Crippen molar-refractivity contribution in [1.82, 2.24) is 9.88 Å². The first-order valence-corrected chi connectivity index (χ1v) is 7.09. The van der Waals surface area contributed by atoms with E-state index in [1.165, 1.54) is 0 Å². The zero-order valence-electron chi connectivity index (χ0n) is 12.2. The number of aliphatic hydroxyl groups excluding tert-OH is 1. The van der Waals surface area contributed by atoms with Crippen LogP contribution < -0.4 is 0 Å².